The Morgan fingerprint density at radius 1 is 1.07 bits per heavy atom. The Morgan fingerprint density at radius 2 is 1.90 bits per heavy atom. The minimum atomic E-state index is -0.400. The predicted molar refractivity (Wildman–Crippen MR) is 108 cm³/mol. The van der Waals surface area contributed by atoms with Crippen LogP contribution in [0.3, 0.4) is 0 Å². The Bertz CT molecular complexity index is 1130. The standard InChI is InChI=1S/C21H17N5O3/c1-25(14-15-6-3-2-4-7-15)18-10-9-16(12-19(18)26(27)28)20-23-21(29-24-20)17-8-5-11-22-13-17/h2-13H,14H2,1H3. The Morgan fingerprint density at radius 3 is 2.62 bits per heavy atom. The van der Waals surface area contributed by atoms with E-state index in [2.05, 4.69) is 15.1 Å². The second-order valence-electron chi connectivity index (χ2n) is 6.47. The van der Waals surface area contributed by atoms with Gasteiger partial charge in [0, 0.05) is 37.6 Å². The lowest BCUT2D eigenvalue weighted by molar-refractivity contribution is -0.384. The fourth-order valence-corrected chi connectivity index (χ4v) is 3.02. The van der Waals surface area contributed by atoms with Crippen molar-refractivity contribution in [2.24, 2.45) is 0 Å². The van der Waals surface area contributed by atoms with Crippen LogP contribution < -0.4 is 4.90 Å². The quantitative estimate of drug-likeness (QED) is 0.358. The molecule has 0 aliphatic heterocycles. The lowest BCUT2D eigenvalue weighted by Gasteiger charge is -2.19. The molecule has 0 spiro atoms. The first-order valence-corrected chi connectivity index (χ1v) is 8.90. The molecule has 0 radical (unpaired) electrons. The van der Waals surface area contributed by atoms with Crippen molar-refractivity contribution in [3.63, 3.8) is 0 Å². The van der Waals surface area contributed by atoms with Crippen LogP contribution in [0.1, 0.15) is 5.56 Å². The Labute approximate surface area is 166 Å². The van der Waals surface area contributed by atoms with Crippen LogP contribution in [-0.4, -0.2) is 27.1 Å². The number of hydrogen-bond donors (Lipinski definition) is 0. The molecule has 29 heavy (non-hydrogen) atoms. The topological polar surface area (TPSA) is 98.2 Å². The van der Waals surface area contributed by atoms with Gasteiger partial charge in [0.1, 0.15) is 5.69 Å². The van der Waals surface area contributed by atoms with Crippen molar-refractivity contribution in [3.8, 4) is 22.8 Å². The van der Waals surface area contributed by atoms with E-state index in [4.69, 9.17) is 4.52 Å². The number of anilines is 1. The van der Waals surface area contributed by atoms with Gasteiger partial charge in [-0.25, -0.2) is 0 Å². The number of benzene rings is 2. The van der Waals surface area contributed by atoms with Gasteiger partial charge >= 0.3 is 0 Å². The molecule has 4 rings (SSSR count). The first kappa shape index (κ1) is 18.3. The number of nitro benzene ring substituents is 1. The van der Waals surface area contributed by atoms with Gasteiger partial charge in [0.05, 0.1) is 10.5 Å². The van der Waals surface area contributed by atoms with Crippen molar-refractivity contribution in [1.82, 2.24) is 15.1 Å². The third-order valence-corrected chi connectivity index (χ3v) is 4.44. The van der Waals surface area contributed by atoms with E-state index in [-0.39, 0.29) is 11.5 Å². The van der Waals surface area contributed by atoms with Crippen LogP contribution in [-0.2, 0) is 6.54 Å². The second-order valence-corrected chi connectivity index (χ2v) is 6.47. The third kappa shape index (κ3) is 3.96. The van der Waals surface area contributed by atoms with E-state index in [1.807, 2.05) is 42.3 Å². The number of nitro groups is 1. The van der Waals surface area contributed by atoms with Crippen molar-refractivity contribution in [3.05, 3.63) is 88.7 Å². The molecule has 0 unspecified atom stereocenters. The molecule has 2 heterocycles. The fourth-order valence-electron chi connectivity index (χ4n) is 3.02. The monoisotopic (exact) mass is 387 g/mol. The van der Waals surface area contributed by atoms with Crippen LogP contribution in [0.4, 0.5) is 11.4 Å². The third-order valence-electron chi connectivity index (χ3n) is 4.44. The van der Waals surface area contributed by atoms with Crippen LogP contribution in [0.2, 0.25) is 0 Å². The summed E-state index contributed by atoms with van der Waals surface area (Å²) >= 11 is 0. The molecule has 0 N–H and O–H groups in total. The maximum Gasteiger partial charge on any atom is 0.293 e. The number of aromatic nitrogens is 3. The molecular weight excluding hydrogens is 370 g/mol. The zero-order chi connectivity index (χ0) is 20.2. The summed E-state index contributed by atoms with van der Waals surface area (Å²) in [5.41, 5.74) is 2.74. The van der Waals surface area contributed by atoms with Crippen molar-refractivity contribution >= 4 is 11.4 Å². The summed E-state index contributed by atoms with van der Waals surface area (Å²) in [6.07, 6.45) is 3.26. The fraction of sp³-hybridized carbons (Fsp3) is 0.0952. The molecule has 2 aromatic carbocycles. The van der Waals surface area contributed by atoms with Crippen molar-refractivity contribution in [1.29, 1.82) is 0 Å². The van der Waals surface area contributed by atoms with E-state index in [0.717, 1.165) is 5.56 Å². The minimum absolute atomic E-state index is 0.0198. The number of rotatable bonds is 6. The van der Waals surface area contributed by atoms with E-state index in [1.54, 1.807) is 36.7 Å². The number of hydrogen-bond acceptors (Lipinski definition) is 7. The molecule has 8 nitrogen and oxygen atoms in total. The molecule has 0 saturated carbocycles. The molecule has 4 aromatic rings. The van der Waals surface area contributed by atoms with E-state index in [9.17, 15) is 10.1 Å². The first-order chi connectivity index (χ1) is 14.1. The van der Waals surface area contributed by atoms with E-state index < -0.39 is 4.92 Å². The van der Waals surface area contributed by atoms with Gasteiger partial charge in [-0.3, -0.25) is 15.1 Å². The number of pyridine rings is 1. The molecular formula is C21H17N5O3. The summed E-state index contributed by atoms with van der Waals surface area (Å²) in [4.78, 5) is 21.5. The first-order valence-electron chi connectivity index (χ1n) is 8.90. The van der Waals surface area contributed by atoms with Crippen molar-refractivity contribution < 1.29 is 9.45 Å². The van der Waals surface area contributed by atoms with Gasteiger partial charge in [-0.1, -0.05) is 35.5 Å². The summed E-state index contributed by atoms with van der Waals surface area (Å²) in [5.74, 6) is 0.588. The van der Waals surface area contributed by atoms with Gasteiger partial charge in [-0.05, 0) is 29.8 Å². The second kappa shape index (κ2) is 7.89. The highest BCUT2D eigenvalue weighted by Crippen LogP contribution is 2.33. The van der Waals surface area contributed by atoms with Gasteiger partial charge in [0.25, 0.3) is 11.6 Å². The maximum atomic E-state index is 11.7. The smallest absolute Gasteiger partial charge is 0.293 e. The van der Waals surface area contributed by atoms with Crippen molar-refractivity contribution in [2.75, 3.05) is 11.9 Å². The normalized spacial score (nSPS) is 10.7. The van der Waals surface area contributed by atoms with E-state index in [0.29, 0.717) is 29.2 Å². The summed E-state index contributed by atoms with van der Waals surface area (Å²) in [6, 6.07) is 18.3. The van der Waals surface area contributed by atoms with Crippen LogP contribution >= 0.6 is 0 Å². The average Bonchev–Trinajstić information content (AvgIpc) is 3.25. The van der Waals surface area contributed by atoms with Gasteiger partial charge in [-0.15, -0.1) is 0 Å². The summed E-state index contributed by atoms with van der Waals surface area (Å²) in [7, 11) is 1.82. The van der Waals surface area contributed by atoms with Gasteiger partial charge in [0.15, 0.2) is 0 Å². The van der Waals surface area contributed by atoms with Crippen LogP contribution in [0.15, 0.2) is 77.6 Å². The molecule has 2 aromatic heterocycles. The van der Waals surface area contributed by atoms with Crippen molar-refractivity contribution in [2.45, 2.75) is 6.54 Å². The molecule has 8 heteroatoms. The van der Waals surface area contributed by atoms with Crippen LogP contribution in [0.5, 0.6) is 0 Å². The molecule has 0 fully saturated rings. The maximum absolute atomic E-state index is 11.7. The molecule has 0 aliphatic carbocycles. The highest BCUT2D eigenvalue weighted by molar-refractivity contribution is 5.71. The molecule has 0 atom stereocenters. The zero-order valence-electron chi connectivity index (χ0n) is 15.6. The minimum Gasteiger partial charge on any atom is -0.365 e. The zero-order valence-corrected chi connectivity index (χ0v) is 15.6. The molecule has 144 valence electrons. The van der Waals surface area contributed by atoms with Gasteiger partial charge in [-0.2, -0.15) is 4.98 Å². The van der Waals surface area contributed by atoms with Crippen LogP contribution in [0, 0.1) is 10.1 Å². The van der Waals surface area contributed by atoms with Crippen LogP contribution in [0.25, 0.3) is 22.8 Å². The molecule has 0 amide bonds. The Kier molecular flexibility index (Phi) is 4.98. The Balaban J connectivity index is 1.64. The largest absolute Gasteiger partial charge is 0.365 e. The Hall–Kier alpha value is -4.07. The summed E-state index contributed by atoms with van der Waals surface area (Å²) < 4.78 is 5.28. The van der Waals surface area contributed by atoms with Gasteiger partial charge in [0.2, 0.25) is 5.82 Å². The van der Waals surface area contributed by atoms with E-state index >= 15 is 0 Å². The molecule has 0 aliphatic rings. The van der Waals surface area contributed by atoms with E-state index in [1.165, 1.54) is 6.07 Å². The lowest BCUT2D eigenvalue weighted by atomic mass is 10.1. The SMILES string of the molecule is CN(Cc1ccccc1)c1ccc(-c2noc(-c3cccnc3)n2)cc1[N+](=O)[O-]. The highest BCUT2D eigenvalue weighted by Gasteiger charge is 2.20. The average molecular weight is 387 g/mol. The number of nitrogens with zero attached hydrogens (tertiary/aromatic N) is 5. The predicted octanol–water partition coefficient (Wildman–Crippen LogP) is 4.34. The highest BCUT2D eigenvalue weighted by atomic mass is 16.6. The van der Waals surface area contributed by atoms with Gasteiger partial charge < -0.3 is 9.42 Å². The molecule has 0 bridgehead atoms. The lowest BCUT2D eigenvalue weighted by Crippen LogP contribution is -2.17. The molecule has 0 saturated heterocycles. The summed E-state index contributed by atoms with van der Waals surface area (Å²) in [6.45, 7) is 0.550. The summed E-state index contributed by atoms with van der Waals surface area (Å²) in [5, 5.41) is 15.7.